The molecule has 1 fully saturated rings. The van der Waals surface area contributed by atoms with Crippen molar-refractivity contribution in [2.45, 2.75) is 38.5 Å². The normalized spacial score (nSPS) is 13.3. The molecular formula is C27H33ClN2O7. The van der Waals surface area contributed by atoms with E-state index in [1.54, 1.807) is 11.5 Å². The number of aromatic hydroxyl groups is 1. The number of phenols is 1. The first-order valence-corrected chi connectivity index (χ1v) is 12.4. The monoisotopic (exact) mass is 532 g/mol. The number of fused-ring (bicyclic) bond motifs is 1. The number of benzene rings is 2. The Labute approximate surface area is 221 Å². The fourth-order valence-corrected chi connectivity index (χ4v) is 4.29. The largest absolute Gasteiger partial charge is 0.507 e. The van der Waals surface area contributed by atoms with E-state index in [4.69, 9.17) is 19.1 Å². The molecule has 2 aromatic carbocycles. The third-order valence-corrected chi connectivity index (χ3v) is 6.24. The van der Waals surface area contributed by atoms with Crippen LogP contribution in [-0.4, -0.2) is 54.0 Å². The Balaban J connectivity index is 0.00000380. The SMILES string of the molecule is Cl.O=C(CCCCCOc1cc(O)c2c(=O)cc(-c3ccc(OCCN4CCCC4)cc3)oc2c1)NO. The number of hydroxylamine groups is 1. The van der Waals surface area contributed by atoms with Gasteiger partial charge in [-0.15, -0.1) is 12.4 Å². The van der Waals surface area contributed by atoms with Gasteiger partial charge >= 0.3 is 0 Å². The lowest BCUT2D eigenvalue weighted by Gasteiger charge is -2.15. The van der Waals surface area contributed by atoms with Crippen molar-refractivity contribution in [1.29, 1.82) is 0 Å². The van der Waals surface area contributed by atoms with Crippen LogP contribution in [0.4, 0.5) is 0 Å². The van der Waals surface area contributed by atoms with E-state index in [0.29, 0.717) is 37.6 Å². The smallest absolute Gasteiger partial charge is 0.243 e. The van der Waals surface area contributed by atoms with E-state index < -0.39 is 5.91 Å². The van der Waals surface area contributed by atoms with Crippen molar-refractivity contribution in [2.24, 2.45) is 0 Å². The molecule has 0 aliphatic carbocycles. The van der Waals surface area contributed by atoms with Crippen LogP contribution in [0.3, 0.4) is 0 Å². The van der Waals surface area contributed by atoms with Gasteiger partial charge in [0, 0.05) is 36.7 Å². The average Bonchev–Trinajstić information content (AvgIpc) is 3.39. The highest BCUT2D eigenvalue weighted by Gasteiger charge is 2.14. The molecular weight excluding hydrogens is 500 g/mol. The first-order chi connectivity index (χ1) is 17.5. The van der Waals surface area contributed by atoms with E-state index >= 15 is 0 Å². The van der Waals surface area contributed by atoms with Crippen LogP contribution in [0.25, 0.3) is 22.3 Å². The number of nitrogens with zero attached hydrogens (tertiary/aromatic N) is 1. The summed E-state index contributed by atoms with van der Waals surface area (Å²) in [6.45, 7) is 4.18. The molecule has 3 aromatic rings. The Morgan fingerprint density at radius 3 is 2.43 bits per heavy atom. The number of halogens is 1. The third-order valence-electron chi connectivity index (χ3n) is 6.24. The lowest BCUT2D eigenvalue weighted by Crippen LogP contribution is -2.25. The Hall–Kier alpha value is -3.27. The van der Waals surface area contributed by atoms with Crippen LogP contribution in [0, 0.1) is 0 Å². The van der Waals surface area contributed by atoms with E-state index in [-0.39, 0.29) is 41.0 Å². The summed E-state index contributed by atoms with van der Waals surface area (Å²) in [5.74, 6) is 0.904. The number of hydrogen-bond acceptors (Lipinski definition) is 8. The van der Waals surface area contributed by atoms with Crippen molar-refractivity contribution >= 4 is 29.3 Å². The molecule has 4 rings (SSSR count). The first kappa shape index (κ1) is 28.3. The van der Waals surface area contributed by atoms with Crippen molar-refractivity contribution in [3.05, 3.63) is 52.7 Å². The molecule has 0 spiro atoms. The summed E-state index contributed by atoms with van der Waals surface area (Å²) in [4.78, 5) is 26.1. The summed E-state index contributed by atoms with van der Waals surface area (Å²) in [7, 11) is 0. The van der Waals surface area contributed by atoms with E-state index in [9.17, 15) is 14.7 Å². The second-order valence-electron chi connectivity index (χ2n) is 8.91. The number of hydrogen-bond donors (Lipinski definition) is 3. The molecule has 10 heteroatoms. The zero-order chi connectivity index (χ0) is 25.3. The number of ether oxygens (including phenoxy) is 2. The maximum atomic E-state index is 12.7. The summed E-state index contributed by atoms with van der Waals surface area (Å²) >= 11 is 0. The van der Waals surface area contributed by atoms with Crippen molar-refractivity contribution in [2.75, 3.05) is 32.8 Å². The maximum absolute atomic E-state index is 12.7. The van der Waals surface area contributed by atoms with Crippen LogP contribution in [0.1, 0.15) is 38.5 Å². The Kier molecular flexibility index (Phi) is 10.6. The van der Waals surface area contributed by atoms with Crippen LogP contribution < -0.4 is 20.4 Å². The van der Waals surface area contributed by atoms with Crippen molar-refractivity contribution in [1.82, 2.24) is 10.4 Å². The summed E-state index contributed by atoms with van der Waals surface area (Å²) in [6, 6.07) is 11.7. The Bertz CT molecular complexity index is 1220. The minimum absolute atomic E-state index is 0. The molecule has 0 unspecified atom stereocenters. The van der Waals surface area contributed by atoms with Crippen LogP contribution in [0.5, 0.6) is 17.2 Å². The van der Waals surface area contributed by atoms with Crippen LogP contribution >= 0.6 is 12.4 Å². The molecule has 0 atom stereocenters. The molecule has 1 saturated heterocycles. The van der Waals surface area contributed by atoms with Gasteiger partial charge in [-0.2, -0.15) is 0 Å². The minimum atomic E-state index is -0.416. The minimum Gasteiger partial charge on any atom is -0.507 e. The van der Waals surface area contributed by atoms with Gasteiger partial charge in [0.2, 0.25) is 5.91 Å². The fourth-order valence-electron chi connectivity index (χ4n) is 4.29. The quantitative estimate of drug-likeness (QED) is 0.177. The van der Waals surface area contributed by atoms with Crippen LogP contribution in [-0.2, 0) is 4.79 Å². The van der Waals surface area contributed by atoms with Gasteiger partial charge in [-0.25, -0.2) is 5.48 Å². The van der Waals surface area contributed by atoms with Crippen molar-refractivity contribution in [3.8, 4) is 28.6 Å². The standard InChI is InChI=1S/C27H32N2O7.ClH/c30-22-16-21(34-14-5-1-2-6-26(32)28-33)17-25-27(22)23(31)18-24(36-25)19-7-9-20(10-8-19)35-15-13-29-11-3-4-12-29;/h7-10,16-18,30,33H,1-6,11-15H2,(H,28,32);1H. The van der Waals surface area contributed by atoms with E-state index in [0.717, 1.165) is 37.4 Å². The number of carbonyl (C=O) groups excluding carboxylic acids is 1. The molecule has 1 aliphatic heterocycles. The molecule has 1 aliphatic rings. The Morgan fingerprint density at radius 2 is 1.70 bits per heavy atom. The second kappa shape index (κ2) is 13.9. The van der Waals surface area contributed by atoms with E-state index in [1.165, 1.54) is 25.0 Å². The van der Waals surface area contributed by atoms with Gasteiger partial charge < -0.3 is 19.0 Å². The first-order valence-electron chi connectivity index (χ1n) is 12.4. The highest BCUT2D eigenvalue weighted by Crippen LogP contribution is 2.31. The lowest BCUT2D eigenvalue weighted by atomic mass is 10.1. The van der Waals surface area contributed by atoms with Gasteiger partial charge in [0.05, 0.1) is 6.61 Å². The second-order valence-corrected chi connectivity index (χ2v) is 8.91. The number of nitrogens with one attached hydrogen (secondary N) is 1. The van der Waals surface area contributed by atoms with Gasteiger partial charge in [-0.05, 0) is 69.5 Å². The number of carbonyl (C=O) groups is 1. The summed E-state index contributed by atoms with van der Waals surface area (Å²) < 4.78 is 17.5. The Morgan fingerprint density at radius 1 is 0.973 bits per heavy atom. The molecule has 200 valence electrons. The number of phenolic OH excluding ortho intramolecular Hbond substituents is 1. The number of unbranched alkanes of at least 4 members (excludes halogenated alkanes) is 2. The molecule has 0 radical (unpaired) electrons. The van der Waals surface area contributed by atoms with Gasteiger partial charge in [0.25, 0.3) is 0 Å². The van der Waals surface area contributed by atoms with Crippen molar-refractivity contribution < 1.29 is 29.0 Å². The number of likely N-dealkylation sites (tertiary alicyclic amines) is 1. The highest BCUT2D eigenvalue weighted by molar-refractivity contribution is 5.86. The molecule has 0 saturated carbocycles. The predicted molar refractivity (Wildman–Crippen MR) is 142 cm³/mol. The highest BCUT2D eigenvalue weighted by atomic mass is 35.5. The van der Waals surface area contributed by atoms with E-state index in [2.05, 4.69) is 4.90 Å². The average molecular weight is 533 g/mol. The van der Waals surface area contributed by atoms with Crippen LogP contribution in [0.15, 0.2) is 51.7 Å². The fraction of sp³-hybridized carbons (Fsp3) is 0.407. The topological polar surface area (TPSA) is 121 Å². The zero-order valence-electron chi connectivity index (χ0n) is 20.6. The van der Waals surface area contributed by atoms with Gasteiger partial charge in [0.15, 0.2) is 5.43 Å². The third kappa shape index (κ3) is 7.85. The van der Waals surface area contributed by atoms with Gasteiger partial charge in [-0.1, -0.05) is 0 Å². The zero-order valence-corrected chi connectivity index (χ0v) is 21.4. The molecule has 37 heavy (non-hydrogen) atoms. The maximum Gasteiger partial charge on any atom is 0.243 e. The van der Waals surface area contributed by atoms with Crippen LogP contribution in [0.2, 0.25) is 0 Å². The lowest BCUT2D eigenvalue weighted by molar-refractivity contribution is -0.129. The molecule has 1 aromatic heterocycles. The van der Waals surface area contributed by atoms with Crippen molar-refractivity contribution in [3.63, 3.8) is 0 Å². The summed E-state index contributed by atoms with van der Waals surface area (Å²) in [6.07, 6.45) is 4.80. The predicted octanol–water partition coefficient (Wildman–Crippen LogP) is 4.51. The summed E-state index contributed by atoms with van der Waals surface area (Å²) in [5.41, 5.74) is 2.22. The molecule has 1 amide bonds. The molecule has 0 bridgehead atoms. The molecule has 3 N–H and O–H groups in total. The van der Waals surface area contributed by atoms with E-state index in [1.807, 2.05) is 24.3 Å². The molecule has 2 heterocycles. The number of rotatable bonds is 12. The summed E-state index contributed by atoms with van der Waals surface area (Å²) in [5, 5.41) is 19.0. The molecule has 9 nitrogen and oxygen atoms in total. The number of amides is 1. The van der Waals surface area contributed by atoms with Gasteiger partial charge in [0.1, 0.15) is 40.6 Å². The van der Waals surface area contributed by atoms with Gasteiger partial charge in [-0.3, -0.25) is 19.7 Å².